The van der Waals surface area contributed by atoms with Crippen molar-refractivity contribution >= 4 is 38.5 Å². The van der Waals surface area contributed by atoms with E-state index in [-0.39, 0.29) is 24.7 Å². The van der Waals surface area contributed by atoms with E-state index in [2.05, 4.69) is 4.98 Å². The van der Waals surface area contributed by atoms with Crippen LogP contribution in [0.4, 0.5) is 18.0 Å². The number of hydrogen-bond acceptors (Lipinski definition) is 4. The molecule has 0 radical (unpaired) electrons. The van der Waals surface area contributed by atoms with Gasteiger partial charge in [0.05, 0.1) is 17.3 Å². The number of aryl methyl sites for hydroxylation is 1. The molecule has 1 aliphatic rings. The van der Waals surface area contributed by atoms with Gasteiger partial charge in [0, 0.05) is 19.3 Å². The molecular formula is C17H17F3IN3O4S. The van der Waals surface area contributed by atoms with Crippen LogP contribution in [0.1, 0.15) is 29.3 Å². The van der Waals surface area contributed by atoms with Crippen molar-refractivity contribution in [3.05, 3.63) is 44.8 Å². The van der Waals surface area contributed by atoms with E-state index in [0.29, 0.717) is 21.4 Å². The zero-order valence-corrected chi connectivity index (χ0v) is 18.1. The van der Waals surface area contributed by atoms with Gasteiger partial charge in [-0.3, -0.25) is 4.90 Å². The van der Waals surface area contributed by atoms with Crippen molar-refractivity contribution in [3.8, 4) is 0 Å². The van der Waals surface area contributed by atoms with E-state index in [1.165, 1.54) is 21.6 Å². The monoisotopic (exact) mass is 543 g/mol. The molecule has 0 fully saturated rings. The number of alkyl halides is 3. The summed E-state index contributed by atoms with van der Waals surface area (Å²) in [5, 5.41) is 9.46. The van der Waals surface area contributed by atoms with Crippen LogP contribution >= 0.6 is 22.6 Å². The maximum atomic E-state index is 12.7. The molecule has 1 unspecified atom stereocenters. The zero-order chi connectivity index (χ0) is 21.6. The molecule has 0 spiro atoms. The summed E-state index contributed by atoms with van der Waals surface area (Å²) in [6.45, 7) is 0.256. The molecule has 2 aromatic rings. The van der Waals surface area contributed by atoms with Crippen LogP contribution in [-0.4, -0.2) is 46.9 Å². The molecule has 1 aromatic heterocycles. The molecule has 7 nitrogen and oxygen atoms in total. The molecule has 1 atom stereocenters. The van der Waals surface area contributed by atoms with E-state index in [4.69, 9.17) is 0 Å². The van der Waals surface area contributed by atoms with Crippen LogP contribution in [0.15, 0.2) is 29.4 Å². The molecule has 0 aliphatic carbocycles. The summed E-state index contributed by atoms with van der Waals surface area (Å²) in [5.74, 6) is 0. The average molecular weight is 543 g/mol. The number of carboxylic acid groups (broad SMARTS) is 1. The minimum atomic E-state index is -4.42. The van der Waals surface area contributed by atoms with Crippen LogP contribution in [0.5, 0.6) is 0 Å². The third-order valence-corrected chi connectivity index (χ3v) is 6.52. The quantitative estimate of drug-likeness (QED) is 0.596. The van der Waals surface area contributed by atoms with Crippen LogP contribution in [0.3, 0.4) is 0 Å². The van der Waals surface area contributed by atoms with Gasteiger partial charge in [-0.05, 0) is 53.1 Å². The highest BCUT2D eigenvalue weighted by Crippen LogP contribution is 2.35. The minimum Gasteiger partial charge on any atom is -0.465 e. The number of imidazole rings is 1. The number of aromatic nitrogens is 2. The normalized spacial score (nSPS) is 17.3. The number of benzene rings is 1. The molecule has 29 heavy (non-hydrogen) atoms. The van der Waals surface area contributed by atoms with Crippen LogP contribution < -0.4 is 0 Å². The predicted octanol–water partition coefficient (Wildman–Crippen LogP) is 3.58. The highest BCUT2D eigenvalue weighted by Gasteiger charge is 2.37. The molecule has 1 aliphatic heterocycles. The van der Waals surface area contributed by atoms with Crippen LogP contribution in [0.2, 0.25) is 0 Å². The topological polar surface area (TPSA) is 92.5 Å². The van der Waals surface area contributed by atoms with Crippen LogP contribution in [0.25, 0.3) is 0 Å². The Kier molecular flexibility index (Phi) is 5.87. The third kappa shape index (κ3) is 4.52. The van der Waals surface area contributed by atoms with Gasteiger partial charge >= 0.3 is 12.3 Å². The number of hydrogen-bond donors (Lipinski definition) is 1. The maximum absolute atomic E-state index is 12.7. The first-order valence-electron chi connectivity index (χ1n) is 8.51. The van der Waals surface area contributed by atoms with E-state index in [1.54, 1.807) is 0 Å². The summed E-state index contributed by atoms with van der Waals surface area (Å²) < 4.78 is 64.1. The molecule has 2 heterocycles. The first-order chi connectivity index (χ1) is 13.4. The van der Waals surface area contributed by atoms with Crippen molar-refractivity contribution in [2.45, 2.75) is 36.8 Å². The Balaban J connectivity index is 1.91. The number of halogens is 4. The van der Waals surface area contributed by atoms with E-state index in [0.717, 1.165) is 18.4 Å². The Labute approximate surface area is 178 Å². The summed E-state index contributed by atoms with van der Waals surface area (Å²) in [4.78, 5) is 17.0. The Morgan fingerprint density at radius 2 is 1.90 bits per heavy atom. The Hall–Kier alpha value is -1.83. The summed E-state index contributed by atoms with van der Waals surface area (Å²) in [7, 11) is -3.60. The predicted molar refractivity (Wildman–Crippen MR) is 105 cm³/mol. The molecule has 0 saturated carbocycles. The molecular weight excluding hydrogens is 526 g/mol. The van der Waals surface area contributed by atoms with Gasteiger partial charge in [0.2, 0.25) is 15.0 Å². The summed E-state index contributed by atoms with van der Waals surface area (Å²) >= 11 is 1.88. The van der Waals surface area contributed by atoms with Crippen molar-refractivity contribution in [1.82, 2.24) is 14.5 Å². The third-order valence-electron chi connectivity index (χ3n) is 4.75. The summed E-state index contributed by atoms with van der Waals surface area (Å²) in [6.07, 6.45) is -3.93. The molecule has 1 aromatic carbocycles. The van der Waals surface area contributed by atoms with E-state index < -0.39 is 33.7 Å². The first kappa shape index (κ1) is 21.9. The number of carbonyl (C=O) groups is 1. The molecule has 0 saturated heterocycles. The molecule has 1 N–H and O–H groups in total. The SMILES string of the molecule is CS(=O)(=O)c1nc(I)c2n1CCN(C(=O)O)C2CCc1ccc(C(F)(F)F)cc1. The number of fused-ring (bicyclic) bond motifs is 1. The fourth-order valence-electron chi connectivity index (χ4n) is 3.43. The van der Waals surface area contributed by atoms with Gasteiger partial charge in [0.25, 0.3) is 0 Å². The lowest BCUT2D eigenvalue weighted by Crippen LogP contribution is -2.42. The van der Waals surface area contributed by atoms with Gasteiger partial charge in [0.15, 0.2) is 0 Å². The fraction of sp³-hybridized carbons (Fsp3) is 0.412. The van der Waals surface area contributed by atoms with Gasteiger partial charge in [-0.15, -0.1) is 0 Å². The van der Waals surface area contributed by atoms with Crippen molar-refractivity contribution in [2.75, 3.05) is 12.8 Å². The van der Waals surface area contributed by atoms with Crippen molar-refractivity contribution in [3.63, 3.8) is 0 Å². The second-order valence-corrected chi connectivity index (χ2v) is 9.65. The zero-order valence-electron chi connectivity index (χ0n) is 15.1. The van der Waals surface area contributed by atoms with Gasteiger partial charge in [-0.2, -0.15) is 13.2 Å². The van der Waals surface area contributed by atoms with Crippen LogP contribution in [0, 0.1) is 3.70 Å². The fourth-order valence-corrected chi connectivity index (χ4v) is 5.32. The molecule has 3 rings (SSSR count). The first-order valence-corrected chi connectivity index (χ1v) is 11.5. The maximum Gasteiger partial charge on any atom is 0.416 e. The second kappa shape index (κ2) is 7.78. The lowest BCUT2D eigenvalue weighted by Gasteiger charge is -2.35. The smallest absolute Gasteiger partial charge is 0.416 e. The average Bonchev–Trinajstić information content (AvgIpc) is 2.96. The van der Waals surface area contributed by atoms with Crippen molar-refractivity contribution in [1.29, 1.82) is 0 Å². The number of amides is 1. The highest BCUT2D eigenvalue weighted by atomic mass is 127. The van der Waals surface area contributed by atoms with E-state index in [9.17, 15) is 31.5 Å². The van der Waals surface area contributed by atoms with Gasteiger partial charge in [-0.1, -0.05) is 12.1 Å². The summed E-state index contributed by atoms with van der Waals surface area (Å²) in [5.41, 5.74) is 0.362. The van der Waals surface area contributed by atoms with Crippen LogP contribution in [-0.2, 0) is 29.0 Å². The van der Waals surface area contributed by atoms with E-state index in [1.807, 2.05) is 22.6 Å². The Morgan fingerprint density at radius 1 is 1.28 bits per heavy atom. The second-order valence-electron chi connectivity index (χ2n) is 6.72. The van der Waals surface area contributed by atoms with Crippen molar-refractivity contribution in [2.24, 2.45) is 0 Å². The number of rotatable bonds is 4. The van der Waals surface area contributed by atoms with Gasteiger partial charge in [0.1, 0.15) is 3.70 Å². The number of sulfone groups is 1. The Bertz CT molecular complexity index is 1040. The van der Waals surface area contributed by atoms with Gasteiger partial charge < -0.3 is 9.67 Å². The molecule has 1 amide bonds. The van der Waals surface area contributed by atoms with Crippen molar-refractivity contribution < 1.29 is 31.5 Å². The lowest BCUT2D eigenvalue weighted by atomic mass is 10.00. The molecule has 0 bridgehead atoms. The van der Waals surface area contributed by atoms with E-state index >= 15 is 0 Å². The molecule has 158 valence electrons. The summed E-state index contributed by atoms with van der Waals surface area (Å²) in [6, 6.07) is 4.04. The largest absolute Gasteiger partial charge is 0.465 e. The highest BCUT2D eigenvalue weighted by molar-refractivity contribution is 14.1. The van der Waals surface area contributed by atoms with Gasteiger partial charge in [-0.25, -0.2) is 18.2 Å². The molecule has 12 heteroatoms. The minimum absolute atomic E-state index is 0.0922. The lowest BCUT2D eigenvalue weighted by molar-refractivity contribution is -0.137. The number of nitrogens with zero attached hydrogens (tertiary/aromatic N) is 3. The standard InChI is InChI=1S/C17H17F3IN3O4S/c1-29(27,28)15-22-14(21)13-12(23(16(25)26)8-9-24(13)15)7-4-10-2-5-11(6-3-10)17(18,19)20/h2-3,5-6,12H,4,7-9H2,1H3,(H,25,26). The Morgan fingerprint density at radius 3 is 2.41 bits per heavy atom.